The first-order chi connectivity index (χ1) is 17.5. The molecule has 1 atom stereocenters. The minimum absolute atomic E-state index is 0.229. The molecule has 0 radical (unpaired) electrons. The Labute approximate surface area is 214 Å². The quantitative estimate of drug-likeness (QED) is 0.575. The van der Waals surface area contributed by atoms with Crippen LogP contribution in [0.3, 0.4) is 0 Å². The zero-order valence-corrected chi connectivity index (χ0v) is 21.2. The molecular formula is C27H34F3N3O4. The van der Waals surface area contributed by atoms with Crippen molar-refractivity contribution in [1.29, 1.82) is 0 Å². The number of fused-ring (bicyclic) bond motifs is 2. The number of likely N-dealkylation sites (tertiary alicyclic amines) is 1. The van der Waals surface area contributed by atoms with Crippen molar-refractivity contribution in [3.8, 4) is 0 Å². The van der Waals surface area contributed by atoms with Gasteiger partial charge >= 0.3 is 12.1 Å². The highest BCUT2D eigenvalue weighted by Crippen LogP contribution is 2.52. The molecule has 2 aromatic rings. The molecule has 2 N–H and O–H groups in total. The third-order valence-electron chi connectivity index (χ3n) is 8.13. The average molecular weight is 522 g/mol. The maximum atomic E-state index is 12.6. The molecule has 1 aliphatic heterocycles. The van der Waals surface area contributed by atoms with Crippen molar-refractivity contribution in [2.45, 2.75) is 88.9 Å². The van der Waals surface area contributed by atoms with E-state index in [1.54, 1.807) is 0 Å². The predicted molar refractivity (Wildman–Crippen MR) is 130 cm³/mol. The Morgan fingerprint density at radius 3 is 2.38 bits per heavy atom. The van der Waals surface area contributed by atoms with Gasteiger partial charge in [-0.15, -0.1) is 0 Å². The molecule has 7 nitrogen and oxygen atoms in total. The summed E-state index contributed by atoms with van der Waals surface area (Å²) in [6.07, 6.45) is 2.55. The number of carboxylic acid groups (broad SMARTS) is 1. The number of carboxylic acids is 1. The molecule has 3 aliphatic rings. The second-order valence-electron chi connectivity index (χ2n) is 10.5. The van der Waals surface area contributed by atoms with E-state index in [9.17, 15) is 18.0 Å². The van der Waals surface area contributed by atoms with E-state index in [2.05, 4.69) is 39.6 Å². The number of aryl methyl sites for hydroxylation is 2. The van der Waals surface area contributed by atoms with Gasteiger partial charge in [-0.05, 0) is 87.9 Å². The fourth-order valence-electron chi connectivity index (χ4n) is 5.84. The fourth-order valence-corrected chi connectivity index (χ4v) is 5.84. The van der Waals surface area contributed by atoms with E-state index in [0.29, 0.717) is 18.4 Å². The average Bonchev–Trinajstić information content (AvgIpc) is 3.29. The first kappa shape index (κ1) is 27.2. The number of amides is 1. The lowest BCUT2D eigenvalue weighted by Crippen LogP contribution is -2.41. The first-order valence-corrected chi connectivity index (χ1v) is 12.8. The smallest absolute Gasteiger partial charge is 0.475 e. The fraction of sp³-hybridized carbons (Fsp3) is 0.593. The molecule has 1 unspecified atom stereocenters. The van der Waals surface area contributed by atoms with Gasteiger partial charge in [-0.1, -0.05) is 29.4 Å². The van der Waals surface area contributed by atoms with Crippen molar-refractivity contribution in [2.24, 2.45) is 0 Å². The first-order valence-electron chi connectivity index (χ1n) is 12.8. The van der Waals surface area contributed by atoms with E-state index in [1.807, 2.05) is 13.8 Å². The number of nitrogens with one attached hydrogen (secondary N) is 1. The summed E-state index contributed by atoms with van der Waals surface area (Å²) in [6, 6.07) is 9.33. The molecule has 2 fully saturated rings. The number of aliphatic carboxylic acids is 1. The second kappa shape index (κ2) is 10.8. The number of halogens is 3. The lowest BCUT2D eigenvalue weighted by atomic mass is 9.73. The number of carbonyl (C=O) groups excluding carboxylic acids is 1. The molecule has 1 aromatic carbocycles. The van der Waals surface area contributed by atoms with E-state index in [4.69, 9.17) is 14.4 Å². The van der Waals surface area contributed by atoms with Gasteiger partial charge in [-0.2, -0.15) is 13.2 Å². The van der Waals surface area contributed by atoms with Crippen LogP contribution in [0.15, 0.2) is 28.8 Å². The molecule has 1 aromatic heterocycles. The number of aromatic nitrogens is 1. The molecule has 37 heavy (non-hydrogen) atoms. The molecule has 1 saturated heterocycles. The van der Waals surface area contributed by atoms with Crippen LogP contribution >= 0.6 is 0 Å². The van der Waals surface area contributed by atoms with Crippen LogP contribution in [0.5, 0.6) is 0 Å². The van der Waals surface area contributed by atoms with E-state index in [0.717, 1.165) is 63.2 Å². The van der Waals surface area contributed by atoms with E-state index in [1.165, 1.54) is 23.1 Å². The third kappa shape index (κ3) is 6.17. The Hall–Kier alpha value is -2.88. The van der Waals surface area contributed by atoms with Gasteiger partial charge in [0, 0.05) is 24.6 Å². The Morgan fingerprint density at radius 1 is 1.19 bits per heavy atom. The minimum Gasteiger partial charge on any atom is -0.475 e. The van der Waals surface area contributed by atoms with E-state index in [-0.39, 0.29) is 11.3 Å². The number of nitrogens with zero attached hydrogens (tertiary/aromatic N) is 2. The summed E-state index contributed by atoms with van der Waals surface area (Å²) in [5.74, 6) is -1.22. The summed E-state index contributed by atoms with van der Waals surface area (Å²) in [6.45, 7) is 7.13. The zero-order valence-electron chi connectivity index (χ0n) is 21.2. The third-order valence-corrected chi connectivity index (χ3v) is 8.13. The van der Waals surface area contributed by atoms with Crippen molar-refractivity contribution < 1.29 is 32.4 Å². The van der Waals surface area contributed by atoms with Crippen LogP contribution in [0.25, 0.3) is 0 Å². The number of benzene rings is 1. The van der Waals surface area contributed by atoms with Gasteiger partial charge in [0.2, 0.25) is 5.91 Å². The molecule has 0 bridgehead atoms. The Kier molecular flexibility index (Phi) is 7.96. The number of carbonyl (C=O) groups is 2. The Morgan fingerprint density at radius 2 is 1.84 bits per heavy atom. The number of piperidine rings is 1. The molecule has 1 saturated carbocycles. The van der Waals surface area contributed by atoms with Gasteiger partial charge in [0.25, 0.3) is 0 Å². The summed E-state index contributed by atoms with van der Waals surface area (Å²) < 4.78 is 37.1. The highest BCUT2D eigenvalue weighted by molar-refractivity contribution is 5.77. The lowest BCUT2D eigenvalue weighted by molar-refractivity contribution is -0.192. The molecular weight excluding hydrogens is 487 g/mol. The predicted octanol–water partition coefficient (Wildman–Crippen LogP) is 5.00. The molecule has 5 rings (SSSR count). The van der Waals surface area contributed by atoms with Crippen molar-refractivity contribution in [3.05, 3.63) is 52.4 Å². The maximum Gasteiger partial charge on any atom is 0.490 e. The van der Waals surface area contributed by atoms with E-state index < -0.39 is 12.1 Å². The van der Waals surface area contributed by atoms with Crippen molar-refractivity contribution in [2.75, 3.05) is 13.1 Å². The number of hydrogen-bond donors (Lipinski definition) is 2. The number of alkyl halides is 3. The molecule has 202 valence electrons. The Bertz CT molecular complexity index is 1100. The molecule has 2 aliphatic carbocycles. The monoisotopic (exact) mass is 521 g/mol. The van der Waals surface area contributed by atoms with Crippen LogP contribution < -0.4 is 5.32 Å². The maximum absolute atomic E-state index is 12.6. The van der Waals surface area contributed by atoms with Gasteiger partial charge in [0.05, 0.1) is 5.69 Å². The highest BCUT2D eigenvalue weighted by Gasteiger charge is 2.45. The van der Waals surface area contributed by atoms with Crippen LogP contribution in [0.2, 0.25) is 0 Å². The number of hydrogen-bond acceptors (Lipinski definition) is 5. The highest BCUT2D eigenvalue weighted by atomic mass is 19.4. The van der Waals surface area contributed by atoms with Crippen LogP contribution in [-0.4, -0.2) is 52.3 Å². The van der Waals surface area contributed by atoms with Gasteiger partial charge in [-0.3, -0.25) is 9.69 Å². The largest absolute Gasteiger partial charge is 0.490 e. The van der Waals surface area contributed by atoms with Gasteiger partial charge in [-0.25, -0.2) is 4.79 Å². The summed E-state index contributed by atoms with van der Waals surface area (Å²) in [7, 11) is 0. The standard InChI is InChI=1S/C25H33N3O2.C2HF3O2/c1-17-22(18(2)30-27-17)16-28-12-10-25(11-13-28)15-19(21-8-3-4-9-23(21)25)14-24(29)26-20-6-5-7-20;3-2(4,5)1(6)7/h3-4,8-9,19-20H,5-7,10-16H2,1-2H3,(H,26,29);(H,6,7). The van der Waals surface area contributed by atoms with Gasteiger partial charge < -0.3 is 14.9 Å². The minimum atomic E-state index is -5.08. The normalized spacial score (nSPS) is 21.1. The van der Waals surface area contributed by atoms with Crippen molar-refractivity contribution >= 4 is 11.9 Å². The molecule has 1 amide bonds. The van der Waals surface area contributed by atoms with Crippen molar-refractivity contribution in [1.82, 2.24) is 15.4 Å². The van der Waals surface area contributed by atoms with Gasteiger partial charge in [0.15, 0.2) is 0 Å². The van der Waals surface area contributed by atoms with Crippen LogP contribution in [0.1, 0.15) is 79.0 Å². The van der Waals surface area contributed by atoms with Crippen molar-refractivity contribution in [3.63, 3.8) is 0 Å². The van der Waals surface area contributed by atoms with E-state index >= 15 is 0 Å². The second-order valence-corrected chi connectivity index (χ2v) is 10.5. The zero-order chi connectivity index (χ0) is 26.8. The summed E-state index contributed by atoms with van der Waals surface area (Å²) in [4.78, 5) is 24.1. The summed E-state index contributed by atoms with van der Waals surface area (Å²) in [5.41, 5.74) is 5.40. The van der Waals surface area contributed by atoms with Crippen LogP contribution in [0.4, 0.5) is 13.2 Å². The molecule has 10 heteroatoms. The van der Waals surface area contributed by atoms with Gasteiger partial charge in [0.1, 0.15) is 5.76 Å². The number of rotatable bonds is 5. The summed E-state index contributed by atoms with van der Waals surface area (Å²) >= 11 is 0. The topological polar surface area (TPSA) is 95.7 Å². The summed E-state index contributed by atoms with van der Waals surface area (Å²) in [5, 5.41) is 14.5. The lowest BCUT2D eigenvalue weighted by Gasteiger charge is -2.40. The Balaban J connectivity index is 0.000000405. The van der Waals surface area contributed by atoms with Crippen LogP contribution in [-0.2, 0) is 21.5 Å². The molecule has 1 spiro atoms. The van der Waals surface area contributed by atoms with Crippen LogP contribution in [0, 0.1) is 13.8 Å². The molecule has 2 heterocycles. The SMILES string of the molecule is Cc1noc(C)c1CN1CCC2(CC1)CC(CC(=O)NC1CCC1)c1ccccc12.O=C(O)C(F)(F)F.